The minimum atomic E-state index is -0.227. The molecule has 0 saturated carbocycles. The fourth-order valence-corrected chi connectivity index (χ4v) is 2.49. The molecule has 1 fully saturated rings. The van der Waals surface area contributed by atoms with Gasteiger partial charge in [-0.05, 0) is 31.4 Å². The van der Waals surface area contributed by atoms with E-state index in [9.17, 15) is 4.79 Å². The Morgan fingerprint density at radius 1 is 1.27 bits per heavy atom. The Labute approximate surface area is 136 Å². The molecule has 0 radical (unpaired) electrons. The zero-order valence-electron chi connectivity index (χ0n) is 12.9. The third-order valence-electron chi connectivity index (χ3n) is 3.57. The van der Waals surface area contributed by atoms with E-state index in [1.807, 2.05) is 29.2 Å². The van der Waals surface area contributed by atoms with Gasteiger partial charge in [0.1, 0.15) is 5.75 Å². The van der Waals surface area contributed by atoms with Crippen molar-refractivity contribution in [3.05, 3.63) is 35.9 Å². The molecule has 6 heteroatoms. The van der Waals surface area contributed by atoms with Gasteiger partial charge in [-0.2, -0.15) is 0 Å². The molecule has 1 heterocycles. The van der Waals surface area contributed by atoms with E-state index in [1.54, 1.807) is 13.2 Å². The summed E-state index contributed by atoms with van der Waals surface area (Å²) in [6.07, 6.45) is 3.20. The Kier molecular flexibility index (Phi) is 5.91. The highest BCUT2D eigenvalue weighted by molar-refractivity contribution is 7.80. The highest BCUT2D eigenvalue weighted by Gasteiger charge is 2.17. The maximum absolute atomic E-state index is 12.0. The number of carbonyl (C=O) groups excluding carboxylic acids is 1. The number of benzene rings is 1. The Bertz CT molecular complexity index is 566. The van der Waals surface area contributed by atoms with Crippen LogP contribution in [0.15, 0.2) is 30.3 Å². The van der Waals surface area contributed by atoms with Crippen LogP contribution in [0.1, 0.15) is 5.56 Å². The van der Waals surface area contributed by atoms with Crippen molar-refractivity contribution in [1.82, 2.24) is 15.1 Å². The van der Waals surface area contributed by atoms with Gasteiger partial charge in [-0.1, -0.05) is 18.2 Å². The van der Waals surface area contributed by atoms with Gasteiger partial charge < -0.3 is 14.5 Å². The monoisotopic (exact) mass is 319 g/mol. The Morgan fingerprint density at radius 2 is 1.95 bits per heavy atom. The molecule has 0 unspecified atom stereocenters. The molecule has 1 saturated heterocycles. The van der Waals surface area contributed by atoms with E-state index >= 15 is 0 Å². The molecule has 1 aromatic rings. The molecule has 1 amide bonds. The average Bonchev–Trinajstić information content (AvgIpc) is 2.53. The number of para-hydroxylation sites is 1. The molecule has 1 aliphatic heterocycles. The standard InChI is InChI=1S/C16H21N3O2S/c1-18-9-11-19(12-10-18)16(22)17-15(20)8-7-13-5-3-4-6-14(13)21-2/h3-8H,9-12H2,1-2H3,(H,17,20,22). The van der Waals surface area contributed by atoms with E-state index in [0.717, 1.165) is 37.5 Å². The predicted octanol–water partition coefficient (Wildman–Crippen LogP) is 1.36. The third kappa shape index (κ3) is 4.54. The first-order valence-electron chi connectivity index (χ1n) is 7.19. The lowest BCUT2D eigenvalue weighted by molar-refractivity contribution is -0.115. The summed E-state index contributed by atoms with van der Waals surface area (Å²) in [5.41, 5.74) is 0.852. The van der Waals surface area contributed by atoms with E-state index < -0.39 is 0 Å². The smallest absolute Gasteiger partial charge is 0.250 e. The Balaban J connectivity index is 1.89. The zero-order chi connectivity index (χ0) is 15.9. The highest BCUT2D eigenvalue weighted by Crippen LogP contribution is 2.18. The van der Waals surface area contributed by atoms with E-state index in [0.29, 0.717) is 5.11 Å². The summed E-state index contributed by atoms with van der Waals surface area (Å²) in [6.45, 7) is 3.58. The van der Waals surface area contributed by atoms with Gasteiger partial charge in [0, 0.05) is 37.8 Å². The number of likely N-dealkylation sites (N-methyl/N-ethyl adjacent to an activating group) is 1. The summed E-state index contributed by atoms with van der Waals surface area (Å²) < 4.78 is 5.24. The van der Waals surface area contributed by atoms with Crippen LogP contribution >= 0.6 is 12.2 Å². The first-order chi connectivity index (χ1) is 10.6. The average molecular weight is 319 g/mol. The number of thiocarbonyl (C=S) groups is 1. The van der Waals surface area contributed by atoms with Crippen molar-refractivity contribution >= 4 is 29.3 Å². The second kappa shape index (κ2) is 7.91. The predicted molar refractivity (Wildman–Crippen MR) is 91.8 cm³/mol. The van der Waals surface area contributed by atoms with Gasteiger partial charge in [0.2, 0.25) is 5.91 Å². The van der Waals surface area contributed by atoms with E-state index in [4.69, 9.17) is 17.0 Å². The maximum atomic E-state index is 12.0. The molecule has 1 aromatic carbocycles. The topological polar surface area (TPSA) is 44.8 Å². The van der Waals surface area contributed by atoms with Crippen molar-refractivity contribution in [2.24, 2.45) is 0 Å². The normalized spacial score (nSPS) is 15.8. The lowest BCUT2D eigenvalue weighted by Gasteiger charge is -2.33. The largest absolute Gasteiger partial charge is 0.496 e. The molecule has 1 aliphatic rings. The van der Waals surface area contributed by atoms with Gasteiger partial charge in [0.15, 0.2) is 5.11 Å². The summed E-state index contributed by atoms with van der Waals surface area (Å²) in [5, 5.41) is 3.23. The van der Waals surface area contributed by atoms with Crippen LogP contribution in [-0.4, -0.2) is 61.2 Å². The summed E-state index contributed by atoms with van der Waals surface area (Å²) >= 11 is 5.29. The summed E-state index contributed by atoms with van der Waals surface area (Å²) in [7, 11) is 3.68. The molecule has 1 N–H and O–H groups in total. The Hall–Kier alpha value is -1.92. The fraction of sp³-hybridized carbons (Fsp3) is 0.375. The molecular formula is C16H21N3O2S. The number of piperazine rings is 1. The number of amides is 1. The van der Waals surface area contributed by atoms with Gasteiger partial charge in [-0.15, -0.1) is 0 Å². The van der Waals surface area contributed by atoms with Gasteiger partial charge >= 0.3 is 0 Å². The van der Waals surface area contributed by atoms with Crippen LogP contribution in [0.5, 0.6) is 5.75 Å². The minimum Gasteiger partial charge on any atom is -0.496 e. The van der Waals surface area contributed by atoms with Crippen molar-refractivity contribution in [2.45, 2.75) is 0 Å². The van der Waals surface area contributed by atoms with E-state index in [2.05, 4.69) is 17.3 Å². The first-order valence-corrected chi connectivity index (χ1v) is 7.60. The molecule has 5 nitrogen and oxygen atoms in total. The minimum absolute atomic E-state index is 0.227. The fourth-order valence-electron chi connectivity index (χ4n) is 2.21. The van der Waals surface area contributed by atoms with Gasteiger partial charge in [-0.3, -0.25) is 10.1 Å². The molecule has 0 spiro atoms. The van der Waals surface area contributed by atoms with Gasteiger partial charge in [0.25, 0.3) is 0 Å². The zero-order valence-corrected chi connectivity index (χ0v) is 13.7. The highest BCUT2D eigenvalue weighted by atomic mass is 32.1. The van der Waals surface area contributed by atoms with Gasteiger partial charge in [-0.25, -0.2) is 0 Å². The lowest BCUT2D eigenvalue weighted by atomic mass is 10.2. The molecule has 0 bridgehead atoms. The van der Waals surface area contributed by atoms with Crippen molar-refractivity contribution in [3.8, 4) is 5.75 Å². The van der Waals surface area contributed by atoms with Crippen molar-refractivity contribution in [2.75, 3.05) is 40.3 Å². The number of rotatable bonds is 3. The second-order valence-corrected chi connectivity index (χ2v) is 5.55. The van der Waals surface area contributed by atoms with E-state index in [-0.39, 0.29) is 5.91 Å². The number of hydrogen-bond donors (Lipinski definition) is 1. The van der Waals surface area contributed by atoms with Crippen molar-refractivity contribution in [1.29, 1.82) is 0 Å². The molecule has 22 heavy (non-hydrogen) atoms. The quantitative estimate of drug-likeness (QED) is 0.673. The van der Waals surface area contributed by atoms with Gasteiger partial charge in [0.05, 0.1) is 7.11 Å². The third-order valence-corrected chi connectivity index (χ3v) is 3.93. The van der Waals surface area contributed by atoms with Crippen LogP contribution < -0.4 is 10.1 Å². The number of ether oxygens (including phenoxy) is 1. The van der Waals surface area contributed by atoms with Crippen LogP contribution in [0.25, 0.3) is 6.08 Å². The molecule has 118 valence electrons. The molecule has 0 aromatic heterocycles. The Morgan fingerprint density at radius 3 is 2.64 bits per heavy atom. The molecular weight excluding hydrogens is 298 g/mol. The molecule has 0 atom stereocenters. The second-order valence-electron chi connectivity index (χ2n) is 5.16. The molecule has 2 rings (SSSR count). The number of hydrogen-bond acceptors (Lipinski definition) is 4. The first kappa shape index (κ1) is 16.5. The van der Waals surface area contributed by atoms with Crippen LogP contribution in [0, 0.1) is 0 Å². The van der Waals surface area contributed by atoms with Crippen molar-refractivity contribution < 1.29 is 9.53 Å². The maximum Gasteiger partial charge on any atom is 0.250 e. The van der Waals surface area contributed by atoms with Crippen LogP contribution in [-0.2, 0) is 4.79 Å². The van der Waals surface area contributed by atoms with E-state index in [1.165, 1.54) is 6.08 Å². The van der Waals surface area contributed by atoms with Crippen LogP contribution in [0.4, 0.5) is 0 Å². The lowest BCUT2D eigenvalue weighted by Crippen LogP contribution is -2.51. The number of nitrogens with zero attached hydrogens (tertiary/aromatic N) is 2. The summed E-state index contributed by atoms with van der Waals surface area (Å²) in [4.78, 5) is 16.2. The van der Waals surface area contributed by atoms with Crippen LogP contribution in [0.3, 0.4) is 0 Å². The summed E-state index contributed by atoms with van der Waals surface area (Å²) in [5.74, 6) is 0.503. The summed E-state index contributed by atoms with van der Waals surface area (Å²) in [6, 6.07) is 7.53. The number of carbonyl (C=O) groups is 1. The SMILES string of the molecule is COc1ccccc1C=CC(=O)NC(=S)N1CCN(C)CC1. The number of nitrogens with one attached hydrogen (secondary N) is 1. The van der Waals surface area contributed by atoms with Crippen molar-refractivity contribution in [3.63, 3.8) is 0 Å². The molecule has 0 aliphatic carbocycles. The number of methoxy groups -OCH3 is 1. The van der Waals surface area contributed by atoms with Crippen LogP contribution in [0.2, 0.25) is 0 Å².